The van der Waals surface area contributed by atoms with Crippen LogP contribution in [0.5, 0.6) is 0 Å². The maximum absolute atomic E-state index is 5.75. The summed E-state index contributed by atoms with van der Waals surface area (Å²) in [6.07, 6.45) is 2.52. The van der Waals surface area contributed by atoms with Crippen molar-refractivity contribution in [1.82, 2.24) is 0 Å². The molecule has 0 aromatic heterocycles. The van der Waals surface area contributed by atoms with Crippen molar-refractivity contribution in [3.63, 3.8) is 0 Å². The molecule has 1 aliphatic rings. The predicted molar refractivity (Wildman–Crippen MR) is 48.2 cm³/mol. The largest absolute Gasteiger partial charge is 1.00 e. The molecule has 2 rings (SSSR count). The summed E-state index contributed by atoms with van der Waals surface area (Å²) < 4.78 is 5.50. The van der Waals surface area contributed by atoms with E-state index in [0.29, 0.717) is 0 Å². The number of ether oxygens (including phenoxy) is 1. The van der Waals surface area contributed by atoms with Crippen molar-refractivity contribution in [3.8, 4) is 0 Å². The molecule has 1 heterocycles. The van der Waals surface area contributed by atoms with Crippen molar-refractivity contribution >= 4 is 11.6 Å². The maximum atomic E-state index is 5.75. The summed E-state index contributed by atoms with van der Waals surface area (Å²) in [6, 6.07) is 8.78. The molecule has 0 spiro atoms. The van der Waals surface area contributed by atoms with Gasteiger partial charge in [-0.25, -0.2) is 0 Å². The summed E-state index contributed by atoms with van der Waals surface area (Å²) in [7, 11) is 0. The SMILES string of the molecule is Clc1c[c-]c(C2CCCO2)cc1.[Na+]. The minimum Gasteiger partial charge on any atom is -0.376 e. The summed E-state index contributed by atoms with van der Waals surface area (Å²) >= 11 is 5.75. The van der Waals surface area contributed by atoms with Crippen molar-refractivity contribution in [2.45, 2.75) is 18.9 Å². The smallest absolute Gasteiger partial charge is 0.376 e. The van der Waals surface area contributed by atoms with Gasteiger partial charge in [0.25, 0.3) is 0 Å². The zero-order valence-electron chi connectivity index (χ0n) is 7.72. The Bertz CT molecular complexity index is 254. The molecular formula is C10H10ClNaO. The molecule has 1 unspecified atom stereocenters. The van der Waals surface area contributed by atoms with E-state index in [-0.39, 0.29) is 35.7 Å². The van der Waals surface area contributed by atoms with Crippen LogP contribution in [0.25, 0.3) is 0 Å². The van der Waals surface area contributed by atoms with Gasteiger partial charge < -0.3 is 4.74 Å². The van der Waals surface area contributed by atoms with E-state index < -0.39 is 0 Å². The summed E-state index contributed by atoms with van der Waals surface area (Å²) in [5.41, 5.74) is 1.12. The van der Waals surface area contributed by atoms with Crippen molar-refractivity contribution < 1.29 is 34.3 Å². The van der Waals surface area contributed by atoms with E-state index in [4.69, 9.17) is 16.3 Å². The third-order valence-corrected chi connectivity index (χ3v) is 2.31. The van der Waals surface area contributed by atoms with Crippen LogP contribution in [0.1, 0.15) is 24.5 Å². The van der Waals surface area contributed by atoms with Gasteiger partial charge in [-0.05, 0) is 12.8 Å². The fraction of sp³-hybridized carbons (Fsp3) is 0.400. The molecule has 3 heteroatoms. The van der Waals surface area contributed by atoms with Crippen LogP contribution >= 0.6 is 11.6 Å². The summed E-state index contributed by atoms with van der Waals surface area (Å²) in [5.74, 6) is 0. The van der Waals surface area contributed by atoms with Gasteiger partial charge in [0.15, 0.2) is 0 Å². The molecule has 0 N–H and O–H groups in total. The molecule has 0 amide bonds. The topological polar surface area (TPSA) is 9.23 Å². The molecule has 1 nitrogen and oxygen atoms in total. The standard InChI is InChI=1S/C10H10ClO.Na/c11-9-5-3-8(4-6-9)10-2-1-7-12-10;/h3,5-6,10H,1-2,7H2;/q-1;+1. The van der Waals surface area contributed by atoms with E-state index in [1.807, 2.05) is 12.1 Å². The van der Waals surface area contributed by atoms with E-state index >= 15 is 0 Å². The van der Waals surface area contributed by atoms with Gasteiger partial charge in [0.2, 0.25) is 0 Å². The molecule has 1 aromatic carbocycles. The van der Waals surface area contributed by atoms with E-state index in [1.54, 1.807) is 6.07 Å². The Labute approximate surface area is 106 Å². The van der Waals surface area contributed by atoms with E-state index in [2.05, 4.69) is 6.07 Å². The average Bonchev–Trinajstić information content (AvgIpc) is 2.58. The van der Waals surface area contributed by atoms with Crippen molar-refractivity contribution in [1.29, 1.82) is 0 Å². The summed E-state index contributed by atoms with van der Waals surface area (Å²) in [6.45, 7) is 0.876. The van der Waals surface area contributed by atoms with E-state index in [9.17, 15) is 0 Å². The molecule has 64 valence electrons. The monoisotopic (exact) mass is 204 g/mol. The van der Waals surface area contributed by atoms with Crippen LogP contribution in [0, 0.1) is 6.07 Å². The second-order valence-electron chi connectivity index (χ2n) is 2.96. The number of benzene rings is 1. The van der Waals surface area contributed by atoms with Crippen LogP contribution in [0.4, 0.5) is 0 Å². The number of hydrogen-bond acceptors (Lipinski definition) is 1. The molecule has 0 radical (unpaired) electrons. The normalized spacial score (nSPS) is 21.2. The van der Waals surface area contributed by atoms with Crippen molar-refractivity contribution in [2.24, 2.45) is 0 Å². The molecule has 13 heavy (non-hydrogen) atoms. The molecule has 1 saturated heterocycles. The second-order valence-corrected chi connectivity index (χ2v) is 3.40. The predicted octanol–water partition coefficient (Wildman–Crippen LogP) is -0.00431. The van der Waals surface area contributed by atoms with Crippen LogP contribution in [-0.4, -0.2) is 6.61 Å². The van der Waals surface area contributed by atoms with Gasteiger partial charge >= 0.3 is 29.6 Å². The number of halogens is 1. The van der Waals surface area contributed by atoms with E-state index in [0.717, 1.165) is 30.0 Å². The first-order chi connectivity index (χ1) is 5.86. The molecule has 1 aliphatic heterocycles. The zero-order valence-corrected chi connectivity index (χ0v) is 10.5. The average molecular weight is 205 g/mol. The Morgan fingerprint density at radius 1 is 1.46 bits per heavy atom. The van der Waals surface area contributed by atoms with Crippen molar-refractivity contribution in [2.75, 3.05) is 6.61 Å². The van der Waals surface area contributed by atoms with Gasteiger partial charge in [-0.15, -0.1) is 5.56 Å². The van der Waals surface area contributed by atoms with Crippen LogP contribution in [0.2, 0.25) is 5.02 Å². The Hall–Kier alpha value is 0.470. The summed E-state index contributed by atoms with van der Waals surface area (Å²) in [5, 5.41) is 0.733. The van der Waals surface area contributed by atoms with Gasteiger partial charge in [-0.3, -0.25) is 0 Å². The van der Waals surface area contributed by atoms with Gasteiger partial charge in [0, 0.05) is 6.61 Å². The molecule has 1 aromatic rings. The molecule has 0 saturated carbocycles. The first kappa shape index (κ1) is 11.5. The van der Waals surface area contributed by atoms with Crippen LogP contribution in [-0.2, 0) is 4.74 Å². The number of hydrogen-bond donors (Lipinski definition) is 0. The first-order valence-electron chi connectivity index (χ1n) is 4.15. The quantitative estimate of drug-likeness (QED) is 0.462. The fourth-order valence-corrected chi connectivity index (χ4v) is 1.56. The Balaban J connectivity index is 0.000000845. The molecule has 0 bridgehead atoms. The molecular weight excluding hydrogens is 195 g/mol. The first-order valence-corrected chi connectivity index (χ1v) is 4.53. The van der Waals surface area contributed by atoms with Gasteiger partial charge in [0.05, 0.1) is 6.10 Å². The maximum Gasteiger partial charge on any atom is 1.00 e. The van der Waals surface area contributed by atoms with Gasteiger partial charge in [-0.1, -0.05) is 5.02 Å². The van der Waals surface area contributed by atoms with Crippen LogP contribution in [0.3, 0.4) is 0 Å². The van der Waals surface area contributed by atoms with Crippen LogP contribution < -0.4 is 29.6 Å². The van der Waals surface area contributed by atoms with Gasteiger partial charge in [0.1, 0.15) is 0 Å². The molecule has 1 atom stereocenters. The second kappa shape index (κ2) is 5.38. The van der Waals surface area contributed by atoms with E-state index in [1.165, 1.54) is 0 Å². The minimum absolute atomic E-state index is 0. The van der Waals surface area contributed by atoms with Gasteiger partial charge in [-0.2, -0.15) is 35.9 Å². The molecule has 0 aliphatic carbocycles. The Kier molecular flexibility index (Phi) is 4.77. The third-order valence-electron chi connectivity index (χ3n) is 2.08. The minimum atomic E-state index is 0. The van der Waals surface area contributed by atoms with Crippen LogP contribution in [0.15, 0.2) is 18.2 Å². The fourth-order valence-electron chi connectivity index (χ4n) is 1.44. The Morgan fingerprint density at radius 2 is 2.31 bits per heavy atom. The summed E-state index contributed by atoms with van der Waals surface area (Å²) in [4.78, 5) is 0. The zero-order chi connectivity index (χ0) is 8.39. The number of rotatable bonds is 1. The Morgan fingerprint density at radius 3 is 2.85 bits per heavy atom. The third kappa shape index (κ3) is 2.97. The molecule has 1 fully saturated rings. The van der Waals surface area contributed by atoms with Crippen molar-refractivity contribution in [3.05, 3.63) is 34.9 Å².